The van der Waals surface area contributed by atoms with Crippen molar-refractivity contribution in [3.05, 3.63) is 59.8 Å². The van der Waals surface area contributed by atoms with Crippen LogP contribution in [0.15, 0.2) is 48.7 Å². The van der Waals surface area contributed by atoms with Crippen LogP contribution in [0.25, 0.3) is 11.3 Å². The zero-order valence-corrected chi connectivity index (χ0v) is 27.7. The summed E-state index contributed by atoms with van der Waals surface area (Å²) in [6.45, 7) is 11.7. The molecule has 0 saturated carbocycles. The lowest BCUT2D eigenvalue weighted by Crippen LogP contribution is -2.56. The first-order valence-corrected chi connectivity index (χ1v) is 16.2. The topological polar surface area (TPSA) is 116 Å². The molecule has 48 heavy (non-hydrogen) atoms. The van der Waals surface area contributed by atoms with E-state index in [4.69, 9.17) is 14.2 Å². The highest BCUT2D eigenvalue weighted by Gasteiger charge is 2.48. The average molecular weight is 662 g/mol. The summed E-state index contributed by atoms with van der Waals surface area (Å²) in [6.07, 6.45) is -0.798. The molecule has 3 fully saturated rings. The monoisotopic (exact) mass is 661 g/mol. The summed E-state index contributed by atoms with van der Waals surface area (Å²) < 4.78 is 46.7. The fraction of sp³-hybridized carbons (Fsp3) is 0.486. The van der Waals surface area contributed by atoms with E-state index in [0.717, 1.165) is 55.7 Å². The number of hydrogen-bond donors (Lipinski definition) is 1. The molecule has 0 spiro atoms. The van der Waals surface area contributed by atoms with Crippen molar-refractivity contribution in [3.63, 3.8) is 0 Å². The van der Waals surface area contributed by atoms with Gasteiger partial charge in [0.25, 0.3) is 0 Å². The van der Waals surface area contributed by atoms with Gasteiger partial charge in [-0.2, -0.15) is 5.26 Å². The Kier molecular flexibility index (Phi) is 9.40. The number of piperidine rings is 1. The molecule has 0 bridgehead atoms. The van der Waals surface area contributed by atoms with Gasteiger partial charge in [0, 0.05) is 62.3 Å². The first kappa shape index (κ1) is 33.4. The molecule has 1 atom stereocenters. The number of aromatic nitrogens is 2. The zero-order valence-electron chi connectivity index (χ0n) is 27.7. The third kappa shape index (κ3) is 7.61. The molecule has 1 aromatic heterocycles. The van der Waals surface area contributed by atoms with Crippen LogP contribution in [0.2, 0.25) is 0 Å². The SMILES string of the molecule is Cc1cc(OC2CCN(C(=O)OC(C)(C)C)CC2(F)F)c(C#N)cc1-c1ccnc(Nc2ccc(N3CCN(C4COC4)CC3)cc2)n1. The van der Waals surface area contributed by atoms with Crippen LogP contribution in [-0.4, -0.2) is 102 Å². The Hall–Kier alpha value is -4.54. The van der Waals surface area contributed by atoms with Crippen LogP contribution in [0.3, 0.4) is 0 Å². The number of hydrogen-bond acceptors (Lipinski definition) is 10. The molecule has 0 radical (unpaired) electrons. The number of ether oxygens (including phenoxy) is 3. The Balaban J connectivity index is 1.10. The summed E-state index contributed by atoms with van der Waals surface area (Å²) in [7, 11) is 0. The molecule has 6 rings (SSSR count). The second-order valence-corrected chi connectivity index (χ2v) is 13.5. The van der Waals surface area contributed by atoms with Crippen LogP contribution in [0, 0.1) is 18.3 Å². The minimum atomic E-state index is -3.35. The number of nitrogens with one attached hydrogen (secondary N) is 1. The summed E-state index contributed by atoms with van der Waals surface area (Å²) in [4.78, 5) is 27.3. The lowest BCUT2D eigenvalue weighted by atomic mass is 10.0. The largest absolute Gasteiger partial charge is 0.483 e. The second-order valence-electron chi connectivity index (χ2n) is 13.5. The number of nitriles is 1. The van der Waals surface area contributed by atoms with E-state index in [1.54, 1.807) is 52.1 Å². The van der Waals surface area contributed by atoms with E-state index in [1.807, 2.05) is 12.1 Å². The van der Waals surface area contributed by atoms with E-state index in [0.29, 0.717) is 28.8 Å². The maximum absolute atomic E-state index is 15.2. The summed E-state index contributed by atoms with van der Waals surface area (Å²) in [5.74, 6) is -2.91. The fourth-order valence-corrected chi connectivity index (χ4v) is 6.08. The van der Waals surface area contributed by atoms with Gasteiger partial charge in [0.2, 0.25) is 5.95 Å². The van der Waals surface area contributed by atoms with Gasteiger partial charge in [0.05, 0.1) is 37.1 Å². The lowest BCUT2D eigenvalue weighted by molar-refractivity contribution is -0.137. The average Bonchev–Trinajstić information content (AvgIpc) is 3.01. The minimum absolute atomic E-state index is 0.0428. The van der Waals surface area contributed by atoms with Crippen molar-refractivity contribution in [1.29, 1.82) is 5.26 Å². The number of nitrogens with zero attached hydrogens (tertiary/aromatic N) is 6. The molecular formula is C35H41F2N7O4. The van der Waals surface area contributed by atoms with Crippen molar-refractivity contribution in [2.45, 2.75) is 57.8 Å². The number of carbonyl (C=O) groups is 1. The maximum Gasteiger partial charge on any atom is 0.410 e. The molecule has 1 unspecified atom stereocenters. The smallest absolute Gasteiger partial charge is 0.410 e. The number of piperazine rings is 1. The molecule has 4 heterocycles. The Morgan fingerprint density at radius 2 is 1.81 bits per heavy atom. The summed E-state index contributed by atoms with van der Waals surface area (Å²) >= 11 is 0. The predicted octanol–water partition coefficient (Wildman–Crippen LogP) is 5.61. The molecule has 2 aromatic carbocycles. The number of halogens is 2. The van der Waals surface area contributed by atoms with Gasteiger partial charge in [-0.1, -0.05) is 0 Å². The molecule has 3 aliphatic heterocycles. The van der Waals surface area contributed by atoms with E-state index in [9.17, 15) is 10.1 Å². The first-order valence-electron chi connectivity index (χ1n) is 16.2. The van der Waals surface area contributed by atoms with Gasteiger partial charge in [-0.05, 0) is 75.7 Å². The van der Waals surface area contributed by atoms with Crippen molar-refractivity contribution >= 4 is 23.4 Å². The van der Waals surface area contributed by atoms with Crippen molar-refractivity contribution in [2.75, 3.05) is 62.7 Å². The predicted molar refractivity (Wildman–Crippen MR) is 177 cm³/mol. The number of benzene rings is 2. The Labute approximate surface area is 279 Å². The molecule has 3 aliphatic rings. The van der Waals surface area contributed by atoms with Crippen LogP contribution >= 0.6 is 0 Å². The van der Waals surface area contributed by atoms with Gasteiger partial charge < -0.3 is 29.3 Å². The number of aryl methyl sites for hydroxylation is 1. The highest BCUT2D eigenvalue weighted by atomic mass is 19.3. The number of alkyl halides is 2. The Bertz CT molecular complexity index is 1660. The van der Waals surface area contributed by atoms with Crippen molar-refractivity contribution in [1.82, 2.24) is 19.8 Å². The van der Waals surface area contributed by atoms with Crippen molar-refractivity contribution in [3.8, 4) is 23.1 Å². The Morgan fingerprint density at radius 3 is 2.44 bits per heavy atom. The van der Waals surface area contributed by atoms with Crippen LogP contribution in [0.5, 0.6) is 5.75 Å². The van der Waals surface area contributed by atoms with Crippen LogP contribution in [-0.2, 0) is 9.47 Å². The number of amides is 1. The van der Waals surface area contributed by atoms with E-state index in [2.05, 4.69) is 43.3 Å². The molecular weight excluding hydrogens is 620 g/mol. The first-order chi connectivity index (χ1) is 22.9. The van der Waals surface area contributed by atoms with Gasteiger partial charge in [-0.25, -0.2) is 23.5 Å². The van der Waals surface area contributed by atoms with Gasteiger partial charge in [-0.15, -0.1) is 0 Å². The van der Waals surface area contributed by atoms with E-state index >= 15 is 8.78 Å². The zero-order chi connectivity index (χ0) is 34.1. The summed E-state index contributed by atoms with van der Waals surface area (Å²) in [5, 5.41) is 13.2. The van der Waals surface area contributed by atoms with Crippen LogP contribution in [0.1, 0.15) is 38.3 Å². The minimum Gasteiger partial charge on any atom is -0.483 e. The number of carbonyl (C=O) groups excluding carboxylic acids is 1. The molecule has 11 nitrogen and oxygen atoms in total. The number of rotatable bonds is 7. The number of anilines is 3. The van der Waals surface area contributed by atoms with Gasteiger partial charge >= 0.3 is 12.0 Å². The molecule has 0 aliphatic carbocycles. The van der Waals surface area contributed by atoms with Crippen LogP contribution < -0.4 is 15.0 Å². The summed E-state index contributed by atoms with van der Waals surface area (Å²) in [6, 6.07) is 15.7. The standard InChI is InChI=1S/C35H41F2N7O4/c1-23-17-30(47-31-10-12-44(22-35(31,36)37)33(45)48-34(2,3)4)24(19-38)18-28(23)29-9-11-39-32(41-29)40-25-5-7-26(8-6-25)42-13-15-43(16-14-42)27-20-46-21-27/h5-9,11,17-18,27,31H,10,12-16,20-22H2,1-4H3,(H,39,40,41). The van der Waals surface area contributed by atoms with Gasteiger partial charge in [0.15, 0.2) is 6.10 Å². The van der Waals surface area contributed by atoms with E-state index in [-0.39, 0.29) is 24.3 Å². The number of likely N-dealkylation sites (tertiary alicyclic amines) is 1. The fourth-order valence-electron chi connectivity index (χ4n) is 6.08. The summed E-state index contributed by atoms with van der Waals surface area (Å²) in [5.41, 5.74) is 3.21. The van der Waals surface area contributed by atoms with Crippen molar-refractivity contribution < 1.29 is 27.8 Å². The molecule has 254 valence electrons. The third-order valence-electron chi connectivity index (χ3n) is 8.77. The molecule has 1 amide bonds. The highest BCUT2D eigenvalue weighted by Crippen LogP contribution is 2.36. The Morgan fingerprint density at radius 1 is 1.08 bits per heavy atom. The second kappa shape index (κ2) is 13.5. The maximum atomic E-state index is 15.2. The normalized spacial score (nSPS) is 20.1. The third-order valence-corrected chi connectivity index (χ3v) is 8.77. The van der Waals surface area contributed by atoms with Crippen LogP contribution in [0.4, 0.5) is 30.9 Å². The van der Waals surface area contributed by atoms with Crippen molar-refractivity contribution in [2.24, 2.45) is 0 Å². The van der Waals surface area contributed by atoms with Gasteiger partial charge in [-0.3, -0.25) is 4.90 Å². The molecule has 3 aromatic rings. The van der Waals surface area contributed by atoms with E-state index < -0.39 is 30.3 Å². The quantitative estimate of drug-likeness (QED) is 0.343. The van der Waals surface area contributed by atoms with Gasteiger partial charge in [0.1, 0.15) is 17.4 Å². The molecule has 13 heteroatoms. The molecule has 1 N–H and O–H groups in total. The van der Waals surface area contributed by atoms with E-state index in [1.165, 1.54) is 0 Å². The highest BCUT2D eigenvalue weighted by molar-refractivity contribution is 5.70. The molecule has 3 saturated heterocycles. The lowest BCUT2D eigenvalue weighted by Gasteiger charge is -2.43.